The molecule has 0 radical (unpaired) electrons. The molecule has 0 amide bonds. The van der Waals surface area contributed by atoms with E-state index in [1.54, 1.807) is 0 Å². The Bertz CT molecular complexity index is 441. The Hall–Kier alpha value is -1.16. The highest BCUT2D eigenvalue weighted by Crippen LogP contribution is 2.16. The van der Waals surface area contributed by atoms with Crippen molar-refractivity contribution in [2.45, 2.75) is 44.4 Å². The number of hydrogen-bond acceptors (Lipinski definition) is 2. The van der Waals surface area contributed by atoms with E-state index in [1.165, 1.54) is 5.56 Å². The summed E-state index contributed by atoms with van der Waals surface area (Å²) in [6, 6.07) is 5.94. The normalized spacial score (nSPS) is 12.3. The van der Waals surface area contributed by atoms with E-state index in [9.17, 15) is 9.00 Å². The average molecular weight is 268 g/mol. The van der Waals surface area contributed by atoms with Gasteiger partial charge in [-0.2, -0.15) is 0 Å². The molecule has 1 aromatic rings. The van der Waals surface area contributed by atoms with Gasteiger partial charge in [0.25, 0.3) is 0 Å². The third kappa shape index (κ3) is 5.00. The summed E-state index contributed by atoms with van der Waals surface area (Å²) in [7, 11) is -0.965. The van der Waals surface area contributed by atoms with Crippen LogP contribution in [0.1, 0.15) is 36.8 Å². The fourth-order valence-electron chi connectivity index (χ4n) is 1.85. The van der Waals surface area contributed by atoms with Crippen molar-refractivity contribution >= 4 is 16.8 Å². The van der Waals surface area contributed by atoms with E-state index in [4.69, 9.17) is 5.11 Å². The minimum atomic E-state index is -0.965. The minimum absolute atomic E-state index is 0.205. The van der Waals surface area contributed by atoms with Gasteiger partial charge in [0.05, 0.1) is 10.8 Å². The van der Waals surface area contributed by atoms with E-state index < -0.39 is 16.8 Å². The summed E-state index contributed by atoms with van der Waals surface area (Å²) >= 11 is 0. The molecule has 100 valence electrons. The van der Waals surface area contributed by atoms with Crippen LogP contribution in [0.4, 0.5) is 0 Å². The van der Waals surface area contributed by atoms with Crippen molar-refractivity contribution in [3.8, 4) is 0 Å². The molecule has 1 atom stereocenters. The Balaban J connectivity index is 2.39. The maximum atomic E-state index is 12.1. The lowest BCUT2D eigenvalue weighted by atomic mass is 10.2. The van der Waals surface area contributed by atoms with Crippen LogP contribution in [0.15, 0.2) is 23.1 Å². The van der Waals surface area contributed by atoms with Gasteiger partial charge in [0.15, 0.2) is 0 Å². The van der Waals surface area contributed by atoms with Crippen molar-refractivity contribution in [1.29, 1.82) is 0 Å². The molecule has 1 aromatic carbocycles. The summed E-state index contributed by atoms with van der Waals surface area (Å²) in [6.07, 6.45) is 2.51. The van der Waals surface area contributed by atoms with E-state index in [0.717, 1.165) is 23.3 Å². The van der Waals surface area contributed by atoms with Crippen molar-refractivity contribution in [3.05, 3.63) is 29.3 Å². The fourth-order valence-corrected chi connectivity index (χ4v) is 3.17. The standard InChI is InChI=1S/C14H20O3S/c1-11-7-8-13(12(2)10-11)18(17)9-5-3-4-6-14(15)16/h7-8,10H,3-6,9H2,1-2H3,(H,15,16). The van der Waals surface area contributed by atoms with E-state index >= 15 is 0 Å². The van der Waals surface area contributed by atoms with Gasteiger partial charge in [0.2, 0.25) is 0 Å². The Kier molecular flexibility index (Phi) is 6.05. The predicted molar refractivity (Wildman–Crippen MR) is 73.3 cm³/mol. The molecule has 0 aromatic heterocycles. The molecule has 0 aliphatic rings. The third-order valence-electron chi connectivity index (χ3n) is 2.80. The molecular formula is C14H20O3S. The molecule has 0 heterocycles. The molecule has 1 N–H and O–H groups in total. The second kappa shape index (κ2) is 7.31. The zero-order chi connectivity index (χ0) is 13.5. The molecule has 4 heteroatoms. The van der Waals surface area contributed by atoms with Crippen molar-refractivity contribution in [2.24, 2.45) is 0 Å². The zero-order valence-electron chi connectivity index (χ0n) is 10.9. The lowest BCUT2D eigenvalue weighted by molar-refractivity contribution is -0.137. The average Bonchev–Trinajstić information content (AvgIpc) is 2.27. The molecule has 0 saturated heterocycles. The topological polar surface area (TPSA) is 54.4 Å². The smallest absolute Gasteiger partial charge is 0.303 e. The van der Waals surface area contributed by atoms with Gasteiger partial charge < -0.3 is 5.11 Å². The molecule has 0 fully saturated rings. The first kappa shape index (κ1) is 14.9. The van der Waals surface area contributed by atoms with Gasteiger partial charge in [-0.05, 0) is 38.3 Å². The van der Waals surface area contributed by atoms with Crippen LogP contribution in [0.25, 0.3) is 0 Å². The molecule has 18 heavy (non-hydrogen) atoms. The minimum Gasteiger partial charge on any atom is -0.481 e. The van der Waals surface area contributed by atoms with Crippen LogP contribution in [-0.4, -0.2) is 21.0 Å². The van der Waals surface area contributed by atoms with Crippen LogP contribution in [0, 0.1) is 13.8 Å². The number of rotatable bonds is 7. The molecule has 0 aliphatic carbocycles. The van der Waals surface area contributed by atoms with Gasteiger partial charge >= 0.3 is 5.97 Å². The highest BCUT2D eigenvalue weighted by atomic mass is 32.2. The van der Waals surface area contributed by atoms with Crippen LogP contribution in [0.3, 0.4) is 0 Å². The summed E-state index contributed by atoms with van der Waals surface area (Å²) in [5.74, 6) is -0.144. The molecular weight excluding hydrogens is 248 g/mol. The van der Waals surface area contributed by atoms with Crippen molar-refractivity contribution < 1.29 is 14.1 Å². The number of carboxylic acid groups (broad SMARTS) is 1. The first-order chi connectivity index (χ1) is 8.50. The summed E-state index contributed by atoms with van der Waals surface area (Å²) in [4.78, 5) is 11.2. The van der Waals surface area contributed by atoms with Gasteiger partial charge in [0.1, 0.15) is 0 Å². The van der Waals surface area contributed by atoms with Crippen molar-refractivity contribution in [3.63, 3.8) is 0 Å². The molecule has 1 rings (SSSR count). The highest BCUT2D eigenvalue weighted by Gasteiger charge is 2.07. The molecule has 3 nitrogen and oxygen atoms in total. The predicted octanol–water partition coefficient (Wildman–Crippen LogP) is 3.06. The first-order valence-corrected chi connectivity index (χ1v) is 7.50. The maximum absolute atomic E-state index is 12.1. The van der Waals surface area contributed by atoms with E-state index in [1.807, 2.05) is 32.0 Å². The van der Waals surface area contributed by atoms with E-state index in [2.05, 4.69) is 0 Å². The Morgan fingerprint density at radius 2 is 1.94 bits per heavy atom. The van der Waals surface area contributed by atoms with Crippen LogP contribution in [-0.2, 0) is 15.6 Å². The molecule has 0 spiro atoms. The summed E-state index contributed by atoms with van der Waals surface area (Å²) in [5, 5.41) is 8.50. The number of benzene rings is 1. The van der Waals surface area contributed by atoms with Crippen molar-refractivity contribution in [1.82, 2.24) is 0 Å². The van der Waals surface area contributed by atoms with Crippen molar-refractivity contribution in [2.75, 3.05) is 5.75 Å². The number of carbonyl (C=O) groups is 1. The number of aryl methyl sites for hydroxylation is 2. The largest absolute Gasteiger partial charge is 0.481 e. The van der Waals surface area contributed by atoms with Crippen LogP contribution in [0.5, 0.6) is 0 Å². The van der Waals surface area contributed by atoms with E-state index in [-0.39, 0.29) is 6.42 Å². The fraction of sp³-hybridized carbons (Fsp3) is 0.500. The van der Waals surface area contributed by atoms with Crippen LogP contribution in [0.2, 0.25) is 0 Å². The Morgan fingerprint density at radius 3 is 2.56 bits per heavy atom. The zero-order valence-corrected chi connectivity index (χ0v) is 11.8. The maximum Gasteiger partial charge on any atom is 0.303 e. The lowest BCUT2D eigenvalue weighted by Gasteiger charge is -2.06. The second-order valence-electron chi connectivity index (χ2n) is 4.52. The van der Waals surface area contributed by atoms with Crippen LogP contribution < -0.4 is 0 Å². The summed E-state index contributed by atoms with van der Waals surface area (Å²) in [6.45, 7) is 4.00. The van der Waals surface area contributed by atoms with Gasteiger partial charge in [-0.25, -0.2) is 0 Å². The summed E-state index contributed by atoms with van der Waals surface area (Å²) < 4.78 is 12.1. The summed E-state index contributed by atoms with van der Waals surface area (Å²) in [5.41, 5.74) is 2.24. The Morgan fingerprint density at radius 1 is 1.22 bits per heavy atom. The number of carboxylic acids is 1. The van der Waals surface area contributed by atoms with Gasteiger partial charge in [-0.1, -0.05) is 24.1 Å². The molecule has 0 saturated carbocycles. The van der Waals surface area contributed by atoms with Gasteiger partial charge in [0, 0.05) is 17.1 Å². The number of unbranched alkanes of at least 4 members (excludes halogenated alkanes) is 2. The molecule has 1 unspecified atom stereocenters. The quantitative estimate of drug-likeness (QED) is 0.773. The molecule has 0 aliphatic heterocycles. The third-order valence-corrected chi connectivity index (χ3v) is 4.40. The monoisotopic (exact) mass is 268 g/mol. The lowest BCUT2D eigenvalue weighted by Crippen LogP contribution is -2.01. The Labute approximate surface area is 111 Å². The van der Waals surface area contributed by atoms with E-state index in [0.29, 0.717) is 12.2 Å². The molecule has 0 bridgehead atoms. The first-order valence-electron chi connectivity index (χ1n) is 6.18. The second-order valence-corrected chi connectivity index (χ2v) is 6.06. The van der Waals surface area contributed by atoms with Crippen LogP contribution >= 0.6 is 0 Å². The van der Waals surface area contributed by atoms with Gasteiger partial charge in [-0.15, -0.1) is 0 Å². The number of hydrogen-bond donors (Lipinski definition) is 1. The number of aliphatic carboxylic acids is 1. The highest BCUT2D eigenvalue weighted by molar-refractivity contribution is 7.85. The SMILES string of the molecule is Cc1ccc(S(=O)CCCCCC(=O)O)c(C)c1. The van der Waals surface area contributed by atoms with Gasteiger partial charge in [-0.3, -0.25) is 9.00 Å².